The second-order valence-corrected chi connectivity index (χ2v) is 5.46. The SMILES string of the molecule is Cl.O=c1[nH]nc(-c2ccc(CNS(=O)[O-])cc2)c2ccccc12. The van der Waals surface area contributed by atoms with Crippen molar-refractivity contribution in [3.05, 3.63) is 64.4 Å². The van der Waals surface area contributed by atoms with Gasteiger partial charge in [-0.15, -0.1) is 12.4 Å². The third kappa shape index (κ3) is 3.83. The molecule has 1 aromatic heterocycles. The van der Waals surface area contributed by atoms with Crippen molar-refractivity contribution in [3.63, 3.8) is 0 Å². The van der Waals surface area contributed by atoms with Gasteiger partial charge in [0.2, 0.25) is 0 Å². The average molecular weight is 351 g/mol. The lowest BCUT2D eigenvalue weighted by Crippen LogP contribution is -2.15. The number of hydrogen-bond acceptors (Lipinski definition) is 4. The zero-order valence-electron chi connectivity index (χ0n) is 11.8. The van der Waals surface area contributed by atoms with Gasteiger partial charge in [0.25, 0.3) is 5.56 Å². The highest BCUT2D eigenvalue weighted by molar-refractivity contribution is 7.77. The quantitative estimate of drug-likeness (QED) is 0.702. The van der Waals surface area contributed by atoms with Crippen LogP contribution in [-0.4, -0.2) is 19.0 Å². The molecule has 120 valence electrons. The molecule has 0 bridgehead atoms. The number of hydrogen-bond donors (Lipinski definition) is 2. The first-order chi connectivity index (χ1) is 10.6. The number of benzene rings is 2. The van der Waals surface area contributed by atoms with E-state index in [2.05, 4.69) is 14.9 Å². The third-order valence-electron chi connectivity index (χ3n) is 3.32. The van der Waals surface area contributed by atoms with Crippen LogP contribution >= 0.6 is 12.4 Å². The molecular formula is C15H13ClN3O3S-. The number of halogens is 1. The van der Waals surface area contributed by atoms with Gasteiger partial charge in [-0.1, -0.05) is 42.5 Å². The van der Waals surface area contributed by atoms with Crippen LogP contribution in [0.5, 0.6) is 0 Å². The Morgan fingerprint density at radius 3 is 2.39 bits per heavy atom. The highest BCUT2D eigenvalue weighted by atomic mass is 35.5. The van der Waals surface area contributed by atoms with E-state index in [0.717, 1.165) is 16.5 Å². The number of fused-ring (bicyclic) bond motifs is 1. The second-order valence-electron chi connectivity index (χ2n) is 4.70. The van der Waals surface area contributed by atoms with Crippen molar-refractivity contribution in [2.24, 2.45) is 0 Å². The summed E-state index contributed by atoms with van der Waals surface area (Å²) in [6.45, 7) is 0.232. The molecule has 23 heavy (non-hydrogen) atoms. The molecule has 0 aliphatic heterocycles. The minimum absolute atomic E-state index is 0. The van der Waals surface area contributed by atoms with E-state index in [1.165, 1.54) is 0 Å². The topological polar surface area (TPSA) is 97.9 Å². The molecule has 3 rings (SSSR count). The van der Waals surface area contributed by atoms with Gasteiger partial charge in [0.1, 0.15) is 0 Å². The summed E-state index contributed by atoms with van der Waals surface area (Å²) in [5.74, 6) is 0. The predicted octanol–water partition coefficient (Wildman–Crippen LogP) is 1.90. The molecule has 0 radical (unpaired) electrons. The van der Waals surface area contributed by atoms with Gasteiger partial charge in [-0.05, 0) is 11.6 Å². The molecule has 8 heteroatoms. The van der Waals surface area contributed by atoms with Crippen molar-refractivity contribution >= 4 is 34.4 Å². The lowest BCUT2D eigenvalue weighted by atomic mass is 10.0. The van der Waals surface area contributed by atoms with Crippen LogP contribution in [-0.2, 0) is 17.8 Å². The summed E-state index contributed by atoms with van der Waals surface area (Å²) in [7, 11) is 0. The van der Waals surface area contributed by atoms with E-state index in [1.54, 1.807) is 12.1 Å². The van der Waals surface area contributed by atoms with E-state index < -0.39 is 11.3 Å². The van der Waals surface area contributed by atoms with Gasteiger partial charge in [-0.3, -0.25) is 9.00 Å². The number of nitrogens with one attached hydrogen (secondary N) is 2. The Morgan fingerprint density at radius 2 is 1.74 bits per heavy atom. The van der Waals surface area contributed by atoms with Crippen molar-refractivity contribution in [3.8, 4) is 11.3 Å². The fourth-order valence-corrected chi connectivity index (χ4v) is 2.54. The Balaban J connectivity index is 0.00000192. The van der Waals surface area contributed by atoms with Crippen molar-refractivity contribution in [2.75, 3.05) is 0 Å². The van der Waals surface area contributed by atoms with Crippen LogP contribution in [0.3, 0.4) is 0 Å². The van der Waals surface area contributed by atoms with Crippen LogP contribution in [0.25, 0.3) is 22.0 Å². The lowest BCUT2D eigenvalue weighted by Gasteiger charge is -2.08. The number of rotatable bonds is 4. The van der Waals surface area contributed by atoms with Gasteiger partial charge < -0.3 is 4.55 Å². The highest BCUT2D eigenvalue weighted by Gasteiger charge is 2.08. The van der Waals surface area contributed by atoms with Crippen LogP contribution in [0.2, 0.25) is 0 Å². The zero-order valence-corrected chi connectivity index (χ0v) is 13.4. The molecule has 2 N–H and O–H groups in total. The molecule has 0 saturated carbocycles. The Hall–Kier alpha value is -2.06. The first-order valence-corrected chi connectivity index (χ1v) is 7.62. The van der Waals surface area contributed by atoms with Gasteiger partial charge in [0.05, 0.1) is 11.1 Å². The molecule has 1 atom stereocenters. The smallest absolute Gasteiger partial charge is 0.272 e. The average Bonchev–Trinajstić information content (AvgIpc) is 2.54. The molecule has 6 nitrogen and oxygen atoms in total. The minimum atomic E-state index is -2.28. The maximum absolute atomic E-state index is 11.8. The summed E-state index contributed by atoms with van der Waals surface area (Å²) in [4.78, 5) is 11.8. The van der Waals surface area contributed by atoms with Gasteiger partial charge in [0, 0.05) is 28.8 Å². The van der Waals surface area contributed by atoms with E-state index in [0.29, 0.717) is 11.1 Å². The second kappa shape index (κ2) is 7.47. The number of H-pyrrole nitrogens is 1. The summed E-state index contributed by atoms with van der Waals surface area (Å²) < 4.78 is 23.3. The molecule has 1 unspecified atom stereocenters. The van der Waals surface area contributed by atoms with Gasteiger partial charge >= 0.3 is 0 Å². The maximum Gasteiger partial charge on any atom is 0.272 e. The monoisotopic (exact) mass is 350 g/mol. The molecule has 0 saturated heterocycles. The molecule has 1 heterocycles. The van der Waals surface area contributed by atoms with E-state index >= 15 is 0 Å². The van der Waals surface area contributed by atoms with E-state index in [9.17, 15) is 13.6 Å². The largest absolute Gasteiger partial charge is 0.760 e. The van der Waals surface area contributed by atoms with Crippen molar-refractivity contribution in [1.29, 1.82) is 0 Å². The number of aromatic nitrogens is 2. The lowest BCUT2D eigenvalue weighted by molar-refractivity contribution is 0.522. The minimum Gasteiger partial charge on any atom is -0.760 e. The third-order valence-corrected chi connectivity index (χ3v) is 3.70. The Morgan fingerprint density at radius 1 is 1.09 bits per heavy atom. The van der Waals surface area contributed by atoms with Crippen LogP contribution < -0.4 is 10.3 Å². The van der Waals surface area contributed by atoms with Gasteiger partial charge in [0.15, 0.2) is 0 Å². The summed E-state index contributed by atoms with van der Waals surface area (Å²) in [5.41, 5.74) is 2.14. The Bertz CT molecular complexity index is 896. The van der Waals surface area contributed by atoms with E-state index in [4.69, 9.17) is 0 Å². The maximum atomic E-state index is 11.8. The summed E-state index contributed by atoms with van der Waals surface area (Å²) in [6.07, 6.45) is 0. The fourth-order valence-electron chi connectivity index (χ4n) is 2.26. The normalized spacial score (nSPS) is 11.9. The molecule has 0 amide bonds. The standard InChI is InChI=1S/C15H13N3O3S.ClH/c19-15-13-4-2-1-3-12(13)14(17-18-15)11-7-5-10(6-8-11)9-16-22(20)21;/h1-8,16H,9H2,(H,18,19)(H,20,21);1H/p-1. The molecule has 2 aromatic carbocycles. The Labute approximate surface area is 140 Å². The van der Waals surface area contributed by atoms with Crippen molar-refractivity contribution < 1.29 is 8.76 Å². The Kier molecular flexibility index (Phi) is 5.62. The van der Waals surface area contributed by atoms with Crippen molar-refractivity contribution in [1.82, 2.24) is 14.9 Å². The van der Waals surface area contributed by atoms with Gasteiger partial charge in [-0.2, -0.15) is 5.10 Å². The molecule has 0 fully saturated rings. The summed E-state index contributed by atoms with van der Waals surface area (Å²) >= 11 is -2.28. The first-order valence-electron chi connectivity index (χ1n) is 6.54. The molecular weight excluding hydrogens is 338 g/mol. The van der Waals surface area contributed by atoms with Crippen LogP contribution in [0.15, 0.2) is 53.3 Å². The molecule has 0 aliphatic carbocycles. The number of nitrogens with zero attached hydrogens (tertiary/aromatic N) is 1. The fraction of sp³-hybridized carbons (Fsp3) is 0.0667. The summed E-state index contributed by atoms with van der Waals surface area (Å²) in [6, 6.07) is 14.6. The van der Waals surface area contributed by atoms with Crippen LogP contribution in [0.1, 0.15) is 5.56 Å². The molecule has 0 spiro atoms. The molecule has 3 aromatic rings. The zero-order chi connectivity index (χ0) is 15.5. The molecule has 0 aliphatic rings. The van der Waals surface area contributed by atoms with Gasteiger partial charge in [-0.25, -0.2) is 9.82 Å². The highest BCUT2D eigenvalue weighted by Crippen LogP contribution is 2.24. The first kappa shape index (κ1) is 17.3. The summed E-state index contributed by atoms with van der Waals surface area (Å²) in [5, 5.41) is 7.98. The van der Waals surface area contributed by atoms with E-state index in [-0.39, 0.29) is 24.5 Å². The van der Waals surface area contributed by atoms with Crippen LogP contribution in [0, 0.1) is 0 Å². The van der Waals surface area contributed by atoms with E-state index in [1.807, 2.05) is 36.4 Å². The number of aromatic amines is 1. The van der Waals surface area contributed by atoms with Crippen molar-refractivity contribution in [2.45, 2.75) is 6.54 Å². The van der Waals surface area contributed by atoms with Crippen LogP contribution in [0.4, 0.5) is 0 Å². The predicted molar refractivity (Wildman–Crippen MR) is 90.8 cm³/mol.